The van der Waals surface area contributed by atoms with Crippen molar-refractivity contribution in [3.8, 4) is 0 Å². The lowest BCUT2D eigenvalue weighted by atomic mass is 10.1. The molecule has 0 aliphatic rings. The molecule has 1 atom stereocenters. The van der Waals surface area contributed by atoms with Crippen LogP contribution >= 0.6 is 0 Å². The Labute approximate surface area is 127 Å². The highest BCUT2D eigenvalue weighted by Crippen LogP contribution is 2.11. The zero-order valence-electron chi connectivity index (χ0n) is 12.5. The number of benzene rings is 2. The molecule has 0 aliphatic carbocycles. The molecule has 0 fully saturated rings. The zero-order chi connectivity index (χ0) is 14.9. The number of hydrogen-bond acceptors (Lipinski definition) is 2. The van der Waals surface area contributed by atoms with Crippen LogP contribution in [-0.4, -0.2) is 17.5 Å². The van der Waals surface area contributed by atoms with Gasteiger partial charge in [0, 0.05) is 25.7 Å². The SMILES string of the molecule is C=CCC(N)CN(Cc1ccccc1)Cc1ccccc1. The normalized spacial score (nSPS) is 12.3. The van der Waals surface area contributed by atoms with Gasteiger partial charge in [-0.25, -0.2) is 0 Å². The van der Waals surface area contributed by atoms with Crippen molar-refractivity contribution in [3.63, 3.8) is 0 Å². The fourth-order valence-electron chi connectivity index (χ4n) is 2.49. The first-order valence-electron chi connectivity index (χ1n) is 7.44. The maximum Gasteiger partial charge on any atom is 0.0237 e. The summed E-state index contributed by atoms with van der Waals surface area (Å²) in [5, 5.41) is 0. The van der Waals surface area contributed by atoms with Gasteiger partial charge in [-0.05, 0) is 17.5 Å². The van der Waals surface area contributed by atoms with Crippen molar-refractivity contribution >= 4 is 0 Å². The molecular weight excluding hydrogens is 256 g/mol. The second kappa shape index (κ2) is 8.40. The minimum absolute atomic E-state index is 0.134. The van der Waals surface area contributed by atoms with E-state index in [4.69, 9.17) is 5.73 Å². The Balaban J connectivity index is 2.04. The Hall–Kier alpha value is -1.90. The standard InChI is InChI=1S/C19H24N2/c1-2-9-19(20)16-21(14-17-10-5-3-6-11-17)15-18-12-7-4-8-13-18/h2-8,10-13,19H,1,9,14-16,20H2. The lowest BCUT2D eigenvalue weighted by molar-refractivity contribution is 0.240. The Kier molecular flexibility index (Phi) is 6.20. The van der Waals surface area contributed by atoms with Gasteiger partial charge in [0.05, 0.1) is 0 Å². The van der Waals surface area contributed by atoms with Gasteiger partial charge < -0.3 is 5.73 Å². The summed E-state index contributed by atoms with van der Waals surface area (Å²) in [6.45, 7) is 6.48. The molecule has 0 saturated carbocycles. The molecule has 21 heavy (non-hydrogen) atoms. The lowest BCUT2D eigenvalue weighted by Crippen LogP contribution is -2.36. The monoisotopic (exact) mass is 280 g/mol. The quantitative estimate of drug-likeness (QED) is 0.749. The molecule has 2 nitrogen and oxygen atoms in total. The molecule has 0 heterocycles. The Morgan fingerprint density at radius 3 is 1.81 bits per heavy atom. The summed E-state index contributed by atoms with van der Waals surface area (Å²) in [6, 6.07) is 21.2. The molecule has 2 aromatic carbocycles. The summed E-state index contributed by atoms with van der Waals surface area (Å²) in [5.74, 6) is 0. The highest BCUT2D eigenvalue weighted by atomic mass is 15.1. The van der Waals surface area contributed by atoms with E-state index in [1.807, 2.05) is 6.08 Å². The van der Waals surface area contributed by atoms with Crippen LogP contribution in [0.4, 0.5) is 0 Å². The van der Waals surface area contributed by atoms with Crippen LogP contribution in [-0.2, 0) is 13.1 Å². The maximum atomic E-state index is 6.18. The summed E-state index contributed by atoms with van der Waals surface area (Å²) in [6.07, 6.45) is 2.74. The predicted molar refractivity (Wildman–Crippen MR) is 89.8 cm³/mol. The van der Waals surface area contributed by atoms with Gasteiger partial charge in [0.2, 0.25) is 0 Å². The third-order valence-electron chi connectivity index (χ3n) is 3.46. The number of nitrogens with two attached hydrogens (primary N) is 1. The van der Waals surface area contributed by atoms with Crippen molar-refractivity contribution in [2.24, 2.45) is 5.73 Å². The van der Waals surface area contributed by atoms with Gasteiger partial charge >= 0.3 is 0 Å². The van der Waals surface area contributed by atoms with E-state index < -0.39 is 0 Å². The van der Waals surface area contributed by atoms with Crippen molar-refractivity contribution in [1.82, 2.24) is 4.90 Å². The van der Waals surface area contributed by atoms with E-state index in [-0.39, 0.29) is 6.04 Å². The van der Waals surface area contributed by atoms with E-state index >= 15 is 0 Å². The second-order valence-electron chi connectivity index (χ2n) is 5.43. The van der Waals surface area contributed by atoms with Crippen LogP contribution in [0.3, 0.4) is 0 Å². The van der Waals surface area contributed by atoms with Crippen LogP contribution < -0.4 is 5.73 Å². The largest absolute Gasteiger partial charge is 0.326 e. The van der Waals surface area contributed by atoms with Crippen LogP contribution in [0.5, 0.6) is 0 Å². The topological polar surface area (TPSA) is 29.3 Å². The van der Waals surface area contributed by atoms with Gasteiger partial charge in [0.15, 0.2) is 0 Å². The van der Waals surface area contributed by atoms with Gasteiger partial charge in [-0.1, -0.05) is 66.7 Å². The Morgan fingerprint density at radius 1 is 0.905 bits per heavy atom. The maximum absolute atomic E-state index is 6.18. The second-order valence-corrected chi connectivity index (χ2v) is 5.43. The van der Waals surface area contributed by atoms with Gasteiger partial charge in [-0.3, -0.25) is 4.90 Å². The molecule has 2 rings (SSSR count). The van der Waals surface area contributed by atoms with Gasteiger partial charge in [-0.2, -0.15) is 0 Å². The first kappa shape index (κ1) is 15.5. The molecule has 110 valence electrons. The third-order valence-corrected chi connectivity index (χ3v) is 3.46. The van der Waals surface area contributed by atoms with Crippen molar-refractivity contribution in [3.05, 3.63) is 84.4 Å². The number of rotatable bonds is 8. The van der Waals surface area contributed by atoms with Gasteiger partial charge in [0.1, 0.15) is 0 Å². The van der Waals surface area contributed by atoms with Crippen LogP contribution in [0.15, 0.2) is 73.3 Å². The third kappa shape index (κ3) is 5.54. The van der Waals surface area contributed by atoms with E-state index in [1.54, 1.807) is 0 Å². The molecular formula is C19H24N2. The summed E-state index contributed by atoms with van der Waals surface area (Å²) in [7, 11) is 0. The number of hydrogen-bond donors (Lipinski definition) is 1. The first-order chi connectivity index (χ1) is 10.3. The summed E-state index contributed by atoms with van der Waals surface area (Å²) >= 11 is 0. The smallest absolute Gasteiger partial charge is 0.0237 e. The predicted octanol–water partition coefficient (Wildman–Crippen LogP) is 3.59. The molecule has 0 amide bonds. The van der Waals surface area contributed by atoms with E-state index in [0.717, 1.165) is 26.1 Å². The minimum atomic E-state index is 0.134. The molecule has 0 radical (unpaired) electrons. The van der Waals surface area contributed by atoms with E-state index in [1.165, 1.54) is 11.1 Å². The molecule has 2 N–H and O–H groups in total. The Bertz CT molecular complexity index is 480. The fourth-order valence-corrected chi connectivity index (χ4v) is 2.49. The molecule has 0 saturated heterocycles. The van der Waals surface area contributed by atoms with E-state index in [9.17, 15) is 0 Å². The first-order valence-corrected chi connectivity index (χ1v) is 7.44. The highest BCUT2D eigenvalue weighted by molar-refractivity contribution is 5.17. The molecule has 2 aromatic rings. The van der Waals surface area contributed by atoms with E-state index in [0.29, 0.717) is 0 Å². The highest BCUT2D eigenvalue weighted by Gasteiger charge is 2.11. The average molecular weight is 280 g/mol. The molecule has 0 bridgehead atoms. The molecule has 1 unspecified atom stereocenters. The summed E-state index contributed by atoms with van der Waals surface area (Å²) in [4.78, 5) is 2.40. The Morgan fingerprint density at radius 2 is 1.38 bits per heavy atom. The lowest BCUT2D eigenvalue weighted by Gasteiger charge is -2.25. The molecule has 2 heteroatoms. The van der Waals surface area contributed by atoms with Crippen LogP contribution in [0.25, 0.3) is 0 Å². The van der Waals surface area contributed by atoms with Crippen LogP contribution in [0, 0.1) is 0 Å². The molecule has 0 aliphatic heterocycles. The summed E-state index contributed by atoms with van der Waals surface area (Å²) in [5.41, 5.74) is 8.82. The van der Waals surface area contributed by atoms with Crippen molar-refractivity contribution in [2.45, 2.75) is 25.6 Å². The molecule has 0 spiro atoms. The van der Waals surface area contributed by atoms with Gasteiger partial charge in [0.25, 0.3) is 0 Å². The molecule has 0 aromatic heterocycles. The fraction of sp³-hybridized carbons (Fsp3) is 0.263. The van der Waals surface area contributed by atoms with Crippen molar-refractivity contribution < 1.29 is 0 Å². The van der Waals surface area contributed by atoms with E-state index in [2.05, 4.69) is 72.1 Å². The minimum Gasteiger partial charge on any atom is -0.326 e. The van der Waals surface area contributed by atoms with Crippen LogP contribution in [0.1, 0.15) is 17.5 Å². The van der Waals surface area contributed by atoms with Gasteiger partial charge in [-0.15, -0.1) is 6.58 Å². The van der Waals surface area contributed by atoms with Crippen molar-refractivity contribution in [2.75, 3.05) is 6.54 Å². The summed E-state index contributed by atoms with van der Waals surface area (Å²) < 4.78 is 0. The zero-order valence-corrected chi connectivity index (χ0v) is 12.5. The van der Waals surface area contributed by atoms with Crippen molar-refractivity contribution in [1.29, 1.82) is 0 Å². The average Bonchev–Trinajstić information content (AvgIpc) is 2.49. The van der Waals surface area contributed by atoms with Crippen LogP contribution in [0.2, 0.25) is 0 Å². The number of nitrogens with zero attached hydrogens (tertiary/aromatic N) is 1.